The number of ketones is 1. The molecule has 0 saturated heterocycles. The van der Waals surface area contributed by atoms with Crippen molar-refractivity contribution in [3.05, 3.63) is 83.0 Å². The summed E-state index contributed by atoms with van der Waals surface area (Å²) in [7, 11) is 4.38. The molecule has 0 N–H and O–H groups in total. The molecular weight excluding hydrogens is 442 g/mol. The topological polar surface area (TPSA) is 60.9 Å². The largest absolute Gasteiger partial charge is 0.497 e. The molecule has 2 aromatic carbocycles. The van der Waals surface area contributed by atoms with Crippen LogP contribution < -0.4 is 14.4 Å². The Morgan fingerprint density at radius 1 is 0.882 bits per heavy atom. The van der Waals surface area contributed by atoms with E-state index < -0.39 is 18.3 Å². The first-order chi connectivity index (χ1) is 16.2. The third kappa shape index (κ3) is 6.29. The normalized spacial score (nSPS) is 11.2. The number of Topliss-reactive ketones (excluding diaryl/α,β-unsaturated/α-hetero) is 1. The molecule has 3 aromatic rings. The summed E-state index contributed by atoms with van der Waals surface area (Å²) in [5.74, 6) is -1.98. The number of halogens is 2. The quantitative estimate of drug-likeness (QED) is 0.357. The van der Waals surface area contributed by atoms with E-state index in [1.807, 2.05) is 53.4 Å². The van der Waals surface area contributed by atoms with E-state index in [9.17, 15) is 13.6 Å². The number of benzene rings is 2. The van der Waals surface area contributed by atoms with Gasteiger partial charge in [0.2, 0.25) is 0 Å². The van der Waals surface area contributed by atoms with Crippen molar-refractivity contribution in [3.63, 3.8) is 0 Å². The highest BCUT2D eigenvalue weighted by Gasteiger charge is 2.33. The van der Waals surface area contributed by atoms with Gasteiger partial charge in [-0.1, -0.05) is 24.3 Å². The molecule has 0 amide bonds. The van der Waals surface area contributed by atoms with Gasteiger partial charge in [0, 0.05) is 32.7 Å². The van der Waals surface area contributed by atoms with Gasteiger partial charge in [-0.15, -0.1) is 0 Å². The van der Waals surface area contributed by atoms with Crippen LogP contribution in [0.5, 0.6) is 11.5 Å². The standard InChI is InChI=1S/C26H28F2N2O4/c1-18(31)24-13-21(26(27,28)17-32-2)14-25(29-24)30(15-19-5-9-22(33-3)10-6-19)16-20-7-11-23(34-4)12-8-20/h5-14H,15-17H2,1-4H3. The number of hydrogen-bond donors (Lipinski definition) is 0. The number of ether oxygens (including phenoxy) is 3. The minimum atomic E-state index is -3.28. The van der Waals surface area contributed by atoms with Gasteiger partial charge in [-0.3, -0.25) is 4.79 Å². The Morgan fingerprint density at radius 2 is 1.38 bits per heavy atom. The zero-order valence-electron chi connectivity index (χ0n) is 19.7. The fraction of sp³-hybridized carbons (Fsp3) is 0.308. The molecule has 1 aromatic heterocycles. The van der Waals surface area contributed by atoms with Crippen LogP contribution in [0.4, 0.5) is 14.6 Å². The van der Waals surface area contributed by atoms with Crippen molar-refractivity contribution < 1.29 is 27.8 Å². The second kappa shape index (κ2) is 11.1. The number of alkyl halides is 2. The molecule has 0 aliphatic heterocycles. The summed E-state index contributed by atoms with van der Waals surface area (Å²) in [6.45, 7) is 1.26. The second-order valence-corrected chi connectivity index (χ2v) is 7.85. The number of anilines is 1. The van der Waals surface area contributed by atoms with Crippen molar-refractivity contribution in [2.45, 2.75) is 25.9 Å². The molecular formula is C26H28F2N2O4. The van der Waals surface area contributed by atoms with E-state index in [-0.39, 0.29) is 17.1 Å². The first kappa shape index (κ1) is 25.1. The minimum absolute atomic E-state index is 0.0299. The molecule has 1 heterocycles. The first-order valence-corrected chi connectivity index (χ1v) is 10.7. The number of aromatic nitrogens is 1. The van der Waals surface area contributed by atoms with Gasteiger partial charge < -0.3 is 19.1 Å². The molecule has 0 spiro atoms. The Bertz CT molecular complexity index is 1050. The van der Waals surface area contributed by atoms with Crippen LogP contribution in [-0.4, -0.2) is 38.7 Å². The highest BCUT2D eigenvalue weighted by Crippen LogP contribution is 2.32. The fourth-order valence-corrected chi connectivity index (χ4v) is 3.45. The predicted molar refractivity (Wildman–Crippen MR) is 126 cm³/mol. The molecule has 0 atom stereocenters. The van der Waals surface area contributed by atoms with Crippen LogP contribution in [0, 0.1) is 0 Å². The van der Waals surface area contributed by atoms with Crippen molar-refractivity contribution in [2.24, 2.45) is 0 Å². The SMILES string of the molecule is COCC(F)(F)c1cc(C(C)=O)nc(N(Cc2ccc(OC)cc2)Cc2ccc(OC)cc2)c1. The molecule has 0 unspecified atom stereocenters. The summed E-state index contributed by atoms with van der Waals surface area (Å²) >= 11 is 0. The number of nitrogens with zero attached hydrogens (tertiary/aromatic N) is 2. The van der Waals surface area contributed by atoms with Crippen LogP contribution in [0.2, 0.25) is 0 Å². The first-order valence-electron chi connectivity index (χ1n) is 10.7. The lowest BCUT2D eigenvalue weighted by Crippen LogP contribution is -2.26. The van der Waals surface area contributed by atoms with Crippen LogP contribution in [-0.2, 0) is 23.7 Å². The zero-order chi connectivity index (χ0) is 24.7. The molecule has 0 bridgehead atoms. The predicted octanol–water partition coefficient (Wildman–Crippen LogP) is 5.25. The molecule has 0 aliphatic carbocycles. The van der Waals surface area contributed by atoms with Gasteiger partial charge in [0.05, 0.1) is 14.2 Å². The highest BCUT2D eigenvalue weighted by molar-refractivity contribution is 5.92. The Balaban J connectivity index is 2.05. The molecule has 6 nitrogen and oxygen atoms in total. The summed E-state index contributed by atoms with van der Waals surface area (Å²) in [5, 5.41) is 0. The molecule has 180 valence electrons. The lowest BCUT2D eigenvalue weighted by Gasteiger charge is -2.26. The Kier molecular flexibility index (Phi) is 8.17. The Hall–Kier alpha value is -3.52. The summed E-state index contributed by atoms with van der Waals surface area (Å²) in [6.07, 6.45) is 0. The van der Waals surface area contributed by atoms with Gasteiger partial charge in [0.25, 0.3) is 5.92 Å². The lowest BCUT2D eigenvalue weighted by atomic mass is 10.1. The van der Waals surface area contributed by atoms with Crippen LogP contribution in [0.3, 0.4) is 0 Å². The monoisotopic (exact) mass is 470 g/mol. The van der Waals surface area contributed by atoms with Crippen molar-refractivity contribution in [2.75, 3.05) is 32.8 Å². The van der Waals surface area contributed by atoms with E-state index in [2.05, 4.69) is 4.98 Å². The maximum Gasteiger partial charge on any atom is 0.296 e. The molecule has 0 saturated carbocycles. The van der Waals surface area contributed by atoms with Crippen LogP contribution in [0.25, 0.3) is 0 Å². The molecule has 0 fully saturated rings. The van der Waals surface area contributed by atoms with Gasteiger partial charge in [0.1, 0.15) is 29.6 Å². The minimum Gasteiger partial charge on any atom is -0.497 e. The molecule has 3 rings (SSSR count). The van der Waals surface area contributed by atoms with Crippen molar-refractivity contribution in [1.29, 1.82) is 0 Å². The Morgan fingerprint density at radius 3 is 1.79 bits per heavy atom. The number of pyridine rings is 1. The highest BCUT2D eigenvalue weighted by atomic mass is 19.3. The summed E-state index contributed by atoms with van der Waals surface area (Å²) < 4.78 is 44.7. The maximum atomic E-state index is 14.8. The number of rotatable bonds is 11. The van der Waals surface area contributed by atoms with Crippen molar-refractivity contribution in [1.82, 2.24) is 4.98 Å². The van der Waals surface area contributed by atoms with Gasteiger partial charge in [-0.05, 0) is 47.5 Å². The van der Waals surface area contributed by atoms with E-state index in [1.54, 1.807) is 14.2 Å². The van der Waals surface area contributed by atoms with E-state index >= 15 is 0 Å². The van der Waals surface area contributed by atoms with E-state index in [4.69, 9.17) is 14.2 Å². The third-order valence-electron chi connectivity index (χ3n) is 5.31. The second-order valence-electron chi connectivity index (χ2n) is 7.85. The summed E-state index contributed by atoms with van der Waals surface area (Å²) in [5.41, 5.74) is 1.50. The van der Waals surface area contributed by atoms with Crippen LogP contribution in [0.15, 0.2) is 60.7 Å². The van der Waals surface area contributed by atoms with E-state index in [0.717, 1.165) is 17.2 Å². The number of hydrogen-bond acceptors (Lipinski definition) is 6. The van der Waals surface area contributed by atoms with Crippen LogP contribution >= 0.6 is 0 Å². The average Bonchev–Trinajstić information content (AvgIpc) is 2.84. The summed E-state index contributed by atoms with van der Waals surface area (Å²) in [4.78, 5) is 18.4. The third-order valence-corrected chi connectivity index (χ3v) is 5.31. The Labute approximate surface area is 198 Å². The molecule has 8 heteroatoms. The van der Waals surface area contributed by atoms with Gasteiger partial charge in [-0.25, -0.2) is 4.98 Å². The van der Waals surface area contributed by atoms with Crippen LogP contribution in [0.1, 0.15) is 34.1 Å². The molecule has 0 aliphatic rings. The maximum absolute atomic E-state index is 14.8. The lowest BCUT2D eigenvalue weighted by molar-refractivity contribution is -0.0698. The average molecular weight is 471 g/mol. The smallest absolute Gasteiger partial charge is 0.296 e. The fourth-order valence-electron chi connectivity index (χ4n) is 3.45. The van der Waals surface area contributed by atoms with Crippen molar-refractivity contribution >= 4 is 11.6 Å². The van der Waals surface area contributed by atoms with Gasteiger partial charge in [0.15, 0.2) is 5.78 Å². The van der Waals surface area contributed by atoms with Gasteiger partial charge >= 0.3 is 0 Å². The van der Waals surface area contributed by atoms with Crippen molar-refractivity contribution in [3.8, 4) is 11.5 Å². The summed E-state index contributed by atoms with van der Waals surface area (Å²) in [6, 6.07) is 17.4. The molecule has 0 radical (unpaired) electrons. The number of carbonyl (C=O) groups is 1. The number of carbonyl (C=O) groups excluding carboxylic acids is 1. The van der Waals surface area contributed by atoms with Gasteiger partial charge in [-0.2, -0.15) is 8.78 Å². The molecule has 34 heavy (non-hydrogen) atoms. The zero-order valence-corrected chi connectivity index (χ0v) is 19.7. The van der Waals surface area contributed by atoms with E-state index in [1.165, 1.54) is 20.1 Å². The number of methoxy groups -OCH3 is 3. The van der Waals surface area contributed by atoms with E-state index in [0.29, 0.717) is 24.6 Å².